The van der Waals surface area contributed by atoms with Crippen LogP contribution in [-0.2, 0) is 16.1 Å². The predicted octanol–water partition coefficient (Wildman–Crippen LogP) is 2.67. The third kappa shape index (κ3) is 2.38. The number of imidazole rings is 1. The highest BCUT2D eigenvalue weighted by molar-refractivity contribution is 5.87. The molecule has 0 spiro atoms. The number of fused-ring (bicyclic) bond motifs is 4. The Labute approximate surface area is 143 Å². The first-order chi connectivity index (χ1) is 12.1. The van der Waals surface area contributed by atoms with Crippen molar-refractivity contribution in [1.29, 1.82) is 0 Å². The number of nitrogens with zero attached hydrogens (tertiary/aromatic N) is 3. The summed E-state index contributed by atoms with van der Waals surface area (Å²) in [6, 6.07) is 13.0. The molecule has 4 aromatic rings. The van der Waals surface area contributed by atoms with Crippen LogP contribution in [0.15, 0.2) is 47.3 Å². The van der Waals surface area contributed by atoms with Crippen LogP contribution in [-0.4, -0.2) is 26.5 Å². The summed E-state index contributed by atoms with van der Waals surface area (Å²) < 4.78 is 8.37. The second-order valence-electron chi connectivity index (χ2n) is 5.95. The minimum atomic E-state index is -0.357. The molecule has 2 heterocycles. The van der Waals surface area contributed by atoms with Gasteiger partial charge in [0.25, 0.3) is 5.56 Å². The smallest absolute Gasteiger partial charge is 0.326 e. The third-order valence-electron chi connectivity index (χ3n) is 4.25. The quantitative estimate of drug-likeness (QED) is 0.540. The van der Waals surface area contributed by atoms with E-state index in [0.717, 1.165) is 16.6 Å². The Morgan fingerprint density at radius 2 is 1.92 bits per heavy atom. The van der Waals surface area contributed by atoms with Crippen LogP contribution in [0.1, 0.15) is 12.5 Å². The second-order valence-corrected chi connectivity index (χ2v) is 5.95. The Morgan fingerprint density at radius 3 is 2.68 bits per heavy atom. The number of hydrogen-bond acceptors (Lipinski definition) is 4. The van der Waals surface area contributed by atoms with E-state index in [1.807, 2.05) is 43.3 Å². The van der Waals surface area contributed by atoms with Crippen molar-refractivity contribution in [3.8, 4) is 0 Å². The highest BCUT2D eigenvalue weighted by Crippen LogP contribution is 2.21. The van der Waals surface area contributed by atoms with Crippen LogP contribution in [0.5, 0.6) is 0 Å². The highest BCUT2D eigenvalue weighted by atomic mass is 16.5. The predicted molar refractivity (Wildman–Crippen MR) is 95.8 cm³/mol. The lowest BCUT2D eigenvalue weighted by Gasteiger charge is -2.06. The van der Waals surface area contributed by atoms with Gasteiger partial charge in [-0.3, -0.25) is 14.2 Å². The lowest BCUT2D eigenvalue weighted by Crippen LogP contribution is -2.18. The summed E-state index contributed by atoms with van der Waals surface area (Å²) in [4.78, 5) is 29.7. The molecule has 0 atom stereocenters. The van der Waals surface area contributed by atoms with Gasteiger partial charge in [-0.25, -0.2) is 9.38 Å². The number of benzene rings is 2. The maximum absolute atomic E-state index is 13.0. The van der Waals surface area contributed by atoms with Crippen molar-refractivity contribution in [2.45, 2.75) is 20.4 Å². The fraction of sp³-hybridized carbons (Fsp3) is 0.211. The van der Waals surface area contributed by atoms with Gasteiger partial charge in [-0.1, -0.05) is 18.2 Å². The van der Waals surface area contributed by atoms with Crippen molar-refractivity contribution in [2.75, 3.05) is 6.61 Å². The van der Waals surface area contributed by atoms with E-state index in [-0.39, 0.29) is 18.1 Å². The number of para-hydroxylation sites is 2. The van der Waals surface area contributed by atoms with Crippen molar-refractivity contribution >= 4 is 33.7 Å². The normalized spacial score (nSPS) is 11.4. The van der Waals surface area contributed by atoms with Crippen molar-refractivity contribution in [2.24, 2.45) is 0 Å². The summed E-state index contributed by atoms with van der Waals surface area (Å²) in [6.07, 6.45) is 0. The summed E-state index contributed by atoms with van der Waals surface area (Å²) in [5, 5.41) is 0.558. The van der Waals surface area contributed by atoms with Gasteiger partial charge in [-0.15, -0.1) is 0 Å². The zero-order valence-corrected chi connectivity index (χ0v) is 14.0. The van der Waals surface area contributed by atoms with E-state index in [9.17, 15) is 9.59 Å². The Balaban J connectivity index is 2.12. The van der Waals surface area contributed by atoms with Crippen molar-refractivity contribution in [3.63, 3.8) is 0 Å². The number of aryl methyl sites for hydroxylation is 1. The first-order valence-corrected chi connectivity index (χ1v) is 8.16. The van der Waals surface area contributed by atoms with Crippen LogP contribution in [0.4, 0.5) is 0 Å². The number of esters is 1. The maximum Gasteiger partial charge on any atom is 0.326 e. The molecule has 2 aromatic carbocycles. The molecule has 0 fully saturated rings. The number of hydrogen-bond donors (Lipinski definition) is 0. The third-order valence-corrected chi connectivity index (χ3v) is 4.25. The number of aromatic nitrogens is 3. The summed E-state index contributed by atoms with van der Waals surface area (Å²) in [7, 11) is 0. The molecule has 25 heavy (non-hydrogen) atoms. The molecule has 0 saturated heterocycles. The Kier molecular flexibility index (Phi) is 3.53. The summed E-state index contributed by atoms with van der Waals surface area (Å²) >= 11 is 0. The minimum Gasteiger partial charge on any atom is -0.465 e. The fourth-order valence-corrected chi connectivity index (χ4v) is 3.16. The van der Waals surface area contributed by atoms with E-state index < -0.39 is 0 Å². The second kappa shape index (κ2) is 5.73. The van der Waals surface area contributed by atoms with E-state index in [1.54, 1.807) is 22.0 Å². The van der Waals surface area contributed by atoms with Crippen LogP contribution in [0.2, 0.25) is 0 Å². The number of rotatable bonds is 3. The summed E-state index contributed by atoms with van der Waals surface area (Å²) in [6.45, 7) is 4.04. The average molecular weight is 335 g/mol. The van der Waals surface area contributed by atoms with E-state index in [4.69, 9.17) is 4.74 Å². The molecular weight excluding hydrogens is 318 g/mol. The van der Waals surface area contributed by atoms with E-state index in [2.05, 4.69) is 4.98 Å². The molecular formula is C19H17N3O3. The molecule has 4 rings (SSSR count). The molecule has 6 heteroatoms. The fourth-order valence-electron chi connectivity index (χ4n) is 3.16. The van der Waals surface area contributed by atoms with Gasteiger partial charge < -0.3 is 4.74 Å². The SMILES string of the molecule is CCOC(=O)Cn1c2ccccc2n2c(=O)c3ccc(C)cc3nc12. The molecule has 0 aliphatic heterocycles. The van der Waals surface area contributed by atoms with Gasteiger partial charge in [0, 0.05) is 0 Å². The molecule has 0 unspecified atom stereocenters. The zero-order valence-electron chi connectivity index (χ0n) is 14.0. The molecule has 0 aliphatic carbocycles. The summed E-state index contributed by atoms with van der Waals surface area (Å²) in [5.74, 6) is 0.0849. The van der Waals surface area contributed by atoms with Gasteiger partial charge in [0.2, 0.25) is 5.78 Å². The topological polar surface area (TPSA) is 65.6 Å². The lowest BCUT2D eigenvalue weighted by molar-refractivity contribution is -0.143. The summed E-state index contributed by atoms with van der Waals surface area (Å²) in [5.41, 5.74) is 3.00. The van der Waals surface area contributed by atoms with Crippen molar-refractivity contribution in [1.82, 2.24) is 14.0 Å². The monoisotopic (exact) mass is 335 g/mol. The molecule has 0 N–H and O–H groups in total. The maximum atomic E-state index is 13.0. The molecule has 2 aromatic heterocycles. The van der Waals surface area contributed by atoms with Crippen molar-refractivity contribution < 1.29 is 9.53 Å². The van der Waals surface area contributed by atoms with Crippen LogP contribution in [0, 0.1) is 6.92 Å². The average Bonchev–Trinajstić information content (AvgIpc) is 2.89. The number of ether oxygens (including phenoxy) is 1. The standard InChI is InChI=1S/C19H17N3O3/c1-3-25-17(23)11-21-15-6-4-5-7-16(15)22-18(24)13-9-8-12(2)10-14(13)20-19(21)22/h4-10H,3,11H2,1-2H3. The number of carbonyl (C=O) groups is 1. The Bertz CT molecular complexity index is 1190. The Morgan fingerprint density at radius 1 is 1.16 bits per heavy atom. The van der Waals surface area contributed by atoms with E-state index in [0.29, 0.717) is 23.3 Å². The van der Waals surface area contributed by atoms with Gasteiger partial charge in [0.1, 0.15) is 6.54 Å². The molecule has 6 nitrogen and oxygen atoms in total. The van der Waals surface area contributed by atoms with Gasteiger partial charge in [-0.05, 0) is 43.7 Å². The van der Waals surface area contributed by atoms with Gasteiger partial charge in [0.05, 0.1) is 28.5 Å². The van der Waals surface area contributed by atoms with Crippen LogP contribution >= 0.6 is 0 Å². The zero-order chi connectivity index (χ0) is 17.6. The minimum absolute atomic E-state index is 0.00855. The van der Waals surface area contributed by atoms with Gasteiger partial charge >= 0.3 is 5.97 Å². The van der Waals surface area contributed by atoms with Crippen LogP contribution in [0.3, 0.4) is 0 Å². The first-order valence-electron chi connectivity index (χ1n) is 8.16. The Hall–Kier alpha value is -3.15. The molecule has 0 amide bonds. The molecule has 0 bridgehead atoms. The highest BCUT2D eigenvalue weighted by Gasteiger charge is 2.17. The van der Waals surface area contributed by atoms with Crippen LogP contribution in [0.25, 0.3) is 27.7 Å². The van der Waals surface area contributed by atoms with E-state index in [1.165, 1.54) is 0 Å². The van der Waals surface area contributed by atoms with E-state index >= 15 is 0 Å². The van der Waals surface area contributed by atoms with Crippen LogP contribution < -0.4 is 5.56 Å². The molecule has 126 valence electrons. The largest absolute Gasteiger partial charge is 0.465 e. The van der Waals surface area contributed by atoms with Gasteiger partial charge in [-0.2, -0.15) is 0 Å². The lowest BCUT2D eigenvalue weighted by atomic mass is 10.2. The number of carbonyl (C=O) groups excluding carboxylic acids is 1. The van der Waals surface area contributed by atoms with Crippen molar-refractivity contribution in [3.05, 3.63) is 58.4 Å². The molecule has 0 radical (unpaired) electrons. The molecule has 0 aliphatic rings. The van der Waals surface area contributed by atoms with Gasteiger partial charge in [0.15, 0.2) is 0 Å². The first kappa shape index (κ1) is 15.4. The molecule has 0 saturated carbocycles.